The van der Waals surface area contributed by atoms with Gasteiger partial charge < -0.3 is 19.1 Å². The van der Waals surface area contributed by atoms with Gasteiger partial charge in [-0.05, 0) is 31.2 Å². The third-order valence-corrected chi connectivity index (χ3v) is 4.96. The van der Waals surface area contributed by atoms with E-state index in [1.54, 1.807) is 17.0 Å². The van der Waals surface area contributed by atoms with Gasteiger partial charge in [-0.2, -0.15) is 0 Å². The number of hydrogen-bond donors (Lipinski definition) is 0. The zero-order valence-corrected chi connectivity index (χ0v) is 17.0. The van der Waals surface area contributed by atoms with Gasteiger partial charge in [0.2, 0.25) is 0 Å². The number of methoxy groups -OCH3 is 1. The van der Waals surface area contributed by atoms with E-state index in [0.717, 1.165) is 12.1 Å². The van der Waals surface area contributed by atoms with E-state index in [1.807, 2.05) is 6.92 Å². The summed E-state index contributed by atoms with van der Waals surface area (Å²) in [7, 11) is 1.49. The van der Waals surface area contributed by atoms with Crippen LogP contribution >= 0.6 is 11.6 Å². The molecule has 0 unspecified atom stereocenters. The summed E-state index contributed by atoms with van der Waals surface area (Å²) in [5, 5.41) is 0.305. The number of hydrogen-bond acceptors (Lipinski definition) is 4. The van der Waals surface area contributed by atoms with Crippen LogP contribution in [0, 0.1) is 11.6 Å². The van der Waals surface area contributed by atoms with Crippen molar-refractivity contribution in [1.82, 2.24) is 4.90 Å². The molecule has 1 aliphatic rings. The fraction of sp³-hybridized carbons (Fsp3) is 0.381. The SMILES string of the molecule is CCOc1c(Cl)cc(C(=O)N2CCC(Oc3ccc(F)cc3F)CC2)cc1OC. The van der Waals surface area contributed by atoms with Crippen molar-refractivity contribution in [3.8, 4) is 17.2 Å². The number of halogens is 3. The molecular formula is C21H22ClF2NO4. The largest absolute Gasteiger partial charge is 0.493 e. The Morgan fingerprint density at radius 3 is 2.52 bits per heavy atom. The fourth-order valence-electron chi connectivity index (χ4n) is 3.24. The van der Waals surface area contributed by atoms with Gasteiger partial charge in [-0.25, -0.2) is 8.78 Å². The number of carbonyl (C=O) groups is 1. The summed E-state index contributed by atoms with van der Waals surface area (Å²) in [6.45, 7) is 3.14. The van der Waals surface area contributed by atoms with Crippen molar-refractivity contribution in [3.05, 3.63) is 52.6 Å². The number of amides is 1. The average molecular weight is 426 g/mol. The van der Waals surface area contributed by atoms with Crippen molar-refractivity contribution in [3.63, 3.8) is 0 Å². The fourth-order valence-corrected chi connectivity index (χ4v) is 3.50. The third kappa shape index (κ3) is 4.90. The lowest BCUT2D eigenvalue weighted by Gasteiger charge is -2.32. The molecular weight excluding hydrogens is 404 g/mol. The van der Waals surface area contributed by atoms with Crippen LogP contribution in [0.5, 0.6) is 17.2 Å². The number of rotatable bonds is 6. The lowest BCUT2D eigenvalue weighted by molar-refractivity contribution is 0.0588. The van der Waals surface area contributed by atoms with Crippen molar-refractivity contribution in [2.24, 2.45) is 0 Å². The predicted octanol–water partition coefficient (Wildman–Crippen LogP) is 4.71. The molecule has 29 heavy (non-hydrogen) atoms. The summed E-state index contributed by atoms with van der Waals surface area (Å²) in [4.78, 5) is 14.6. The molecule has 0 saturated carbocycles. The molecule has 1 saturated heterocycles. The minimum atomic E-state index is -0.736. The Labute approximate surface area is 173 Å². The molecule has 1 amide bonds. The number of likely N-dealkylation sites (tertiary alicyclic amines) is 1. The van der Waals surface area contributed by atoms with Crippen LogP contribution in [0.25, 0.3) is 0 Å². The van der Waals surface area contributed by atoms with Crippen molar-refractivity contribution in [1.29, 1.82) is 0 Å². The maximum Gasteiger partial charge on any atom is 0.254 e. The summed E-state index contributed by atoms with van der Waals surface area (Å²) in [5.74, 6) is -0.757. The monoisotopic (exact) mass is 425 g/mol. The summed E-state index contributed by atoms with van der Waals surface area (Å²) in [5.41, 5.74) is 0.402. The Bertz CT molecular complexity index is 885. The summed E-state index contributed by atoms with van der Waals surface area (Å²) < 4.78 is 43.2. The van der Waals surface area contributed by atoms with Gasteiger partial charge in [0.1, 0.15) is 11.9 Å². The molecule has 0 aliphatic carbocycles. The van der Waals surface area contributed by atoms with Gasteiger partial charge in [0.15, 0.2) is 23.1 Å². The molecule has 1 fully saturated rings. The average Bonchev–Trinajstić information content (AvgIpc) is 2.71. The molecule has 0 N–H and O–H groups in total. The Hall–Kier alpha value is -2.54. The summed E-state index contributed by atoms with van der Waals surface area (Å²) in [6, 6.07) is 6.39. The zero-order valence-electron chi connectivity index (χ0n) is 16.2. The number of ether oxygens (including phenoxy) is 3. The van der Waals surface area contributed by atoms with Crippen molar-refractivity contribution in [2.45, 2.75) is 25.9 Å². The van der Waals surface area contributed by atoms with E-state index in [2.05, 4.69) is 0 Å². The van der Waals surface area contributed by atoms with Crippen molar-refractivity contribution >= 4 is 17.5 Å². The third-order valence-electron chi connectivity index (χ3n) is 4.68. The molecule has 156 valence electrons. The second-order valence-corrected chi connectivity index (χ2v) is 7.01. The lowest BCUT2D eigenvalue weighted by Crippen LogP contribution is -2.41. The summed E-state index contributed by atoms with van der Waals surface area (Å²) >= 11 is 6.26. The zero-order chi connectivity index (χ0) is 21.0. The first kappa shape index (κ1) is 21.2. The maximum absolute atomic E-state index is 13.8. The minimum Gasteiger partial charge on any atom is -0.493 e. The second-order valence-electron chi connectivity index (χ2n) is 6.61. The van der Waals surface area contributed by atoms with Crippen LogP contribution < -0.4 is 14.2 Å². The van der Waals surface area contributed by atoms with Crippen LogP contribution in [-0.2, 0) is 0 Å². The van der Waals surface area contributed by atoms with E-state index >= 15 is 0 Å². The van der Waals surface area contributed by atoms with Crippen LogP contribution in [0.1, 0.15) is 30.1 Å². The van der Waals surface area contributed by atoms with Crippen LogP contribution in [0.4, 0.5) is 8.78 Å². The number of nitrogens with zero attached hydrogens (tertiary/aromatic N) is 1. The van der Waals surface area contributed by atoms with Gasteiger partial charge in [0.05, 0.1) is 18.7 Å². The van der Waals surface area contributed by atoms with Crippen molar-refractivity contribution < 1.29 is 27.8 Å². The topological polar surface area (TPSA) is 48.0 Å². The first-order chi connectivity index (χ1) is 13.9. The molecule has 0 radical (unpaired) electrons. The smallest absolute Gasteiger partial charge is 0.254 e. The molecule has 0 aromatic heterocycles. The standard InChI is InChI=1S/C21H22ClF2NO4/c1-3-28-20-16(22)10-13(11-19(20)27-2)21(26)25-8-6-15(7-9-25)29-18-5-4-14(23)12-17(18)24/h4-5,10-12,15H,3,6-9H2,1-2H3. The van der Waals surface area contributed by atoms with E-state index in [-0.39, 0.29) is 17.8 Å². The second kappa shape index (κ2) is 9.31. The quantitative estimate of drug-likeness (QED) is 0.672. The first-order valence-corrected chi connectivity index (χ1v) is 9.72. The Balaban J connectivity index is 1.65. The van der Waals surface area contributed by atoms with Gasteiger partial charge >= 0.3 is 0 Å². The van der Waals surface area contributed by atoms with E-state index in [4.69, 9.17) is 25.8 Å². The number of piperidine rings is 1. The van der Waals surface area contributed by atoms with Crippen LogP contribution in [0.2, 0.25) is 5.02 Å². The molecule has 3 rings (SSSR count). The molecule has 5 nitrogen and oxygen atoms in total. The van der Waals surface area contributed by atoms with Gasteiger partial charge in [-0.1, -0.05) is 11.6 Å². The van der Waals surface area contributed by atoms with Gasteiger partial charge in [-0.3, -0.25) is 4.79 Å². The lowest BCUT2D eigenvalue weighted by atomic mass is 10.1. The van der Waals surface area contributed by atoms with Crippen LogP contribution in [-0.4, -0.2) is 43.7 Å². The van der Waals surface area contributed by atoms with E-state index in [0.29, 0.717) is 54.6 Å². The van der Waals surface area contributed by atoms with Crippen LogP contribution in [0.15, 0.2) is 30.3 Å². The molecule has 2 aromatic carbocycles. The Morgan fingerprint density at radius 1 is 1.17 bits per heavy atom. The van der Waals surface area contributed by atoms with Gasteiger partial charge in [0, 0.05) is 37.6 Å². The van der Waals surface area contributed by atoms with Crippen LogP contribution in [0.3, 0.4) is 0 Å². The Morgan fingerprint density at radius 2 is 1.90 bits per heavy atom. The van der Waals surface area contributed by atoms with Gasteiger partial charge in [0.25, 0.3) is 5.91 Å². The van der Waals surface area contributed by atoms with E-state index < -0.39 is 11.6 Å². The maximum atomic E-state index is 13.8. The molecule has 2 aromatic rings. The van der Waals surface area contributed by atoms with E-state index in [1.165, 1.54) is 13.2 Å². The Kier molecular flexibility index (Phi) is 6.79. The highest BCUT2D eigenvalue weighted by molar-refractivity contribution is 6.32. The molecule has 1 heterocycles. The minimum absolute atomic E-state index is 0.0132. The van der Waals surface area contributed by atoms with E-state index in [9.17, 15) is 13.6 Å². The van der Waals surface area contributed by atoms with Gasteiger partial charge in [-0.15, -0.1) is 0 Å². The first-order valence-electron chi connectivity index (χ1n) is 9.34. The normalized spacial score (nSPS) is 14.6. The highest BCUT2D eigenvalue weighted by Crippen LogP contribution is 2.37. The number of carbonyl (C=O) groups excluding carboxylic acids is 1. The predicted molar refractivity (Wildman–Crippen MR) is 105 cm³/mol. The molecule has 0 atom stereocenters. The van der Waals surface area contributed by atoms with Crippen molar-refractivity contribution in [2.75, 3.05) is 26.8 Å². The molecule has 0 bridgehead atoms. The summed E-state index contributed by atoms with van der Waals surface area (Å²) in [6.07, 6.45) is 0.812. The number of benzene rings is 2. The molecule has 1 aliphatic heterocycles. The molecule has 8 heteroatoms. The highest BCUT2D eigenvalue weighted by Gasteiger charge is 2.26. The highest BCUT2D eigenvalue weighted by atomic mass is 35.5. The molecule has 0 spiro atoms.